The first kappa shape index (κ1) is 18.2. The molecule has 0 saturated heterocycles. The molecule has 7 nitrogen and oxygen atoms in total. The van der Waals surface area contributed by atoms with E-state index in [1.54, 1.807) is 4.68 Å². The summed E-state index contributed by atoms with van der Waals surface area (Å²) in [4.78, 5) is 27.5. The Balaban J connectivity index is 1.47. The molecule has 4 atom stereocenters. The molecule has 28 heavy (non-hydrogen) atoms. The summed E-state index contributed by atoms with van der Waals surface area (Å²) in [7, 11) is 1.82. The second-order valence-electron chi connectivity index (χ2n) is 10.1. The monoisotopic (exact) mass is 386 g/mol. The number of aromatic nitrogens is 2. The van der Waals surface area contributed by atoms with Gasteiger partial charge in [0.25, 0.3) is 5.91 Å². The standard InChI is InChI=1S/C21H30N4O3/c1-3-19-6-13-7-20(10-19,12-21(28,8-13)11-19)18(27)25-5-4-15-14(9-25)16(17(22)26)23-24(15)2/h13,28H,3-12H2,1-2H3,(H2,22,26). The molecule has 1 aromatic heterocycles. The second kappa shape index (κ2) is 5.59. The van der Waals surface area contributed by atoms with Crippen molar-refractivity contribution in [1.82, 2.24) is 14.7 Å². The normalized spacial score (nSPS) is 38.5. The third-order valence-corrected chi connectivity index (χ3v) is 8.12. The van der Waals surface area contributed by atoms with Crippen molar-refractivity contribution in [3.63, 3.8) is 0 Å². The fourth-order valence-corrected chi connectivity index (χ4v) is 7.52. The third kappa shape index (κ3) is 2.41. The molecule has 1 aliphatic heterocycles. The van der Waals surface area contributed by atoms with E-state index in [0.717, 1.165) is 49.8 Å². The van der Waals surface area contributed by atoms with Gasteiger partial charge in [0.05, 0.1) is 11.0 Å². The Labute approximate surface area is 165 Å². The van der Waals surface area contributed by atoms with Crippen molar-refractivity contribution in [3.8, 4) is 0 Å². The summed E-state index contributed by atoms with van der Waals surface area (Å²) >= 11 is 0. The van der Waals surface area contributed by atoms with Gasteiger partial charge in [-0.2, -0.15) is 5.10 Å². The molecule has 0 radical (unpaired) electrons. The predicted octanol–water partition coefficient (Wildman–Crippen LogP) is 1.52. The van der Waals surface area contributed by atoms with Gasteiger partial charge >= 0.3 is 0 Å². The Kier molecular flexibility index (Phi) is 3.62. The molecule has 0 spiro atoms. The molecule has 5 aliphatic rings. The second-order valence-corrected chi connectivity index (χ2v) is 10.1. The van der Waals surface area contributed by atoms with E-state index < -0.39 is 16.9 Å². The average molecular weight is 386 g/mol. The Hall–Kier alpha value is -1.89. The summed E-state index contributed by atoms with van der Waals surface area (Å²) in [6.07, 6.45) is 6.95. The maximum Gasteiger partial charge on any atom is 0.269 e. The third-order valence-electron chi connectivity index (χ3n) is 8.12. The number of rotatable bonds is 3. The van der Waals surface area contributed by atoms with Crippen molar-refractivity contribution in [2.24, 2.45) is 29.5 Å². The van der Waals surface area contributed by atoms with Crippen LogP contribution in [0.15, 0.2) is 0 Å². The number of hydrogen-bond donors (Lipinski definition) is 2. The number of hydrogen-bond acceptors (Lipinski definition) is 4. The van der Waals surface area contributed by atoms with Crippen LogP contribution in [0.25, 0.3) is 0 Å². The van der Waals surface area contributed by atoms with Gasteiger partial charge in [0.15, 0.2) is 5.69 Å². The lowest BCUT2D eigenvalue weighted by atomic mass is 9.42. The quantitative estimate of drug-likeness (QED) is 0.822. The summed E-state index contributed by atoms with van der Waals surface area (Å²) in [5.74, 6) is 0.0723. The molecule has 4 bridgehead atoms. The van der Waals surface area contributed by atoms with Crippen LogP contribution in [-0.4, -0.2) is 43.7 Å². The van der Waals surface area contributed by atoms with Crippen molar-refractivity contribution in [1.29, 1.82) is 0 Å². The van der Waals surface area contributed by atoms with Gasteiger partial charge in [0.2, 0.25) is 5.91 Å². The van der Waals surface area contributed by atoms with E-state index in [9.17, 15) is 14.7 Å². The Bertz CT molecular complexity index is 879. The summed E-state index contributed by atoms with van der Waals surface area (Å²) in [5.41, 5.74) is 6.57. The minimum Gasteiger partial charge on any atom is -0.390 e. The molecule has 1 aromatic rings. The number of carbonyl (C=O) groups excluding carboxylic acids is 2. The molecular formula is C21H30N4O3. The van der Waals surface area contributed by atoms with E-state index in [1.165, 1.54) is 0 Å². The van der Waals surface area contributed by atoms with E-state index in [2.05, 4.69) is 12.0 Å². The molecule has 0 aromatic carbocycles. The maximum absolute atomic E-state index is 13.8. The first-order valence-corrected chi connectivity index (χ1v) is 10.5. The van der Waals surface area contributed by atoms with E-state index in [1.807, 2.05) is 11.9 Å². The number of fused-ring (bicyclic) bond motifs is 1. The topological polar surface area (TPSA) is 101 Å². The van der Waals surface area contributed by atoms with Gasteiger partial charge in [0, 0.05) is 37.8 Å². The number of nitrogens with zero attached hydrogens (tertiary/aromatic N) is 3. The highest BCUT2D eigenvalue weighted by atomic mass is 16.3. The largest absolute Gasteiger partial charge is 0.390 e. The van der Waals surface area contributed by atoms with Crippen molar-refractivity contribution in [3.05, 3.63) is 17.0 Å². The molecule has 2 heterocycles. The average Bonchev–Trinajstić information content (AvgIpc) is 2.95. The lowest BCUT2D eigenvalue weighted by molar-refractivity contribution is -0.210. The van der Waals surface area contributed by atoms with E-state index in [4.69, 9.17) is 5.73 Å². The smallest absolute Gasteiger partial charge is 0.269 e. The Morgan fingerprint density at radius 1 is 1.25 bits per heavy atom. The van der Waals surface area contributed by atoms with Crippen LogP contribution in [-0.2, 0) is 24.8 Å². The van der Waals surface area contributed by atoms with Gasteiger partial charge < -0.3 is 15.7 Å². The number of nitrogens with two attached hydrogens (primary N) is 1. The van der Waals surface area contributed by atoms with Crippen LogP contribution in [0.2, 0.25) is 0 Å². The maximum atomic E-state index is 13.8. The number of amides is 2. The van der Waals surface area contributed by atoms with Crippen LogP contribution >= 0.6 is 0 Å². The van der Waals surface area contributed by atoms with Crippen molar-refractivity contribution >= 4 is 11.8 Å². The molecule has 152 valence electrons. The number of aliphatic hydroxyl groups is 1. The lowest BCUT2D eigenvalue weighted by Gasteiger charge is -2.65. The minimum absolute atomic E-state index is 0.109. The van der Waals surface area contributed by atoms with Crippen molar-refractivity contribution in [2.45, 2.75) is 70.4 Å². The summed E-state index contributed by atoms with van der Waals surface area (Å²) in [6.45, 7) is 3.23. The SMILES string of the molecule is CCC12CC3CC(O)(C1)CC(C(=O)N1CCc4c(c(C(N)=O)nn4C)C1)(C3)C2. The predicted molar refractivity (Wildman–Crippen MR) is 102 cm³/mol. The number of carbonyl (C=O) groups is 2. The van der Waals surface area contributed by atoms with Crippen LogP contribution in [0.3, 0.4) is 0 Å². The molecule has 2 amide bonds. The van der Waals surface area contributed by atoms with Gasteiger partial charge in [-0.15, -0.1) is 0 Å². The molecule has 4 aliphatic carbocycles. The number of primary amides is 1. The first-order chi connectivity index (χ1) is 13.2. The number of aryl methyl sites for hydroxylation is 1. The summed E-state index contributed by atoms with van der Waals surface area (Å²) in [5, 5.41) is 15.5. The Morgan fingerprint density at radius 3 is 2.71 bits per heavy atom. The Morgan fingerprint density at radius 2 is 2.04 bits per heavy atom. The van der Waals surface area contributed by atoms with E-state index in [-0.39, 0.29) is 17.0 Å². The van der Waals surface area contributed by atoms with Crippen molar-refractivity contribution in [2.75, 3.05) is 6.54 Å². The molecule has 6 rings (SSSR count). The van der Waals surface area contributed by atoms with Crippen LogP contribution in [0.5, 0.6) is 0 Å². The van der Waals surface area contributed by atoms with Gasteiger partial charge in [-0.25, -0.2) is 0 Å². The van der Waals surface area contributed by atoms with Crippen LogP contribution in [0.4, 0.5) is 0 Å². The first-order valence-electron chi connectivity index (χ1n) is 10.5. The molecule has 7 heteroatoms. The molecule has 4 unspecified atom stereocenters. The highest BCUT2D eigenvalue weighted by molar-refractivity contribution is 5.93. The zero-order valence-electron chi connectivity index (χ0n) is 16.8. The zero-order chi connectivity index (χ0) is 19.9. The molecule has 4 saturated carbocycles. The van der Waals surface area contributed by atoms with Crippen LogP contribution in [0, 0.1) is 16.7 Å². The molecule has 4 fully saturated rings. The minimum atomic E-state index is -0.682. The summed E-state index contributed by atoms with van der Waals surface area (Å²) < 4.78 is 1.72. The molecular weight excluding hydrogens is 356 g/mol. The zero-order valence-corrected chi connectivity index (χ0v) is 16.8. The van der Waals surface area contributed by atoms with Crippen LogP contribution in [0.1, 0.15) is 73.6 Å². The van der Waals surface area contributed by atoms with E-state index in [0.29, 0.717) is 31.8 Å². The highest BCUT2D eigenvalue weighted by Crippen LogP contribution is 2.68. The lowest BCUT2D eigenvalue weighted by Crippen LogP contribution is -2.64. The van der Waals surface area contributed by atoms with Crippen LogP contribution < -0.4 is 5.73 Å². The van der Waals surface area contributed by atoms with Crippen molar-refractivity contribution < 1.29 is 14.7 Å². The summed E-state index contributed by atoms with van der Waals surface area (Å²) in [6, 6.07) is 0. The fourth-order valence-electron chi connectivity index (χ4n) is 7.52. The van der Waals surface area contributed by atoms with Gasteiger partial charge in [-0.05, 0) is 49.9 Å². The highest BCUT2D eigenvalue weighted by Gasteiger charge is 2.65. The fraction of sp³-hybridized carbons (Fsp3) is 0.762. The van der Waals surface area contributed by atoms with E-state index >= 15 is 0 Å². The van der Waals surface area contributed by atoms with Gasteiger partial charge in [-0.1, -0.05) is 13.3 Å². The van der Waals surface area contributed by atoms with Gasteiger partial charge in [-0.3, -0.25) is 14.3 Å². The van der Waals surface area contributed by atoms with Gasteiger partial charge in [0.1, 0.15) is 0 Å². The molecule has 3 N–H and O–H groups in total.